The number of unbranched alkanes of at least 4 members (excludes halogenated alkanes) is 3. The van der Waals surface area contributed by atoms with Crippen LogP contribution in [0.5, 0.6) is 0 Å². The average Bonchev–Trinajstić information content (AvgIpc) is 2.46. The molecular weight excluding hydrogens is 242 g/mol. The number of hydrogen-bond acceptors (Lipinski definition) is 1. The molecule has 0 amide bonds. The molecule has 20 heavy (non-hydrogen) atoms. The van der Waals surface area contributed by atoms with Crippen molar-refractivity contribution >= 4 is 0 Å². The molecule has 1 aromatic rings. The van der Waals surface area contributed by atoms with Gasteiger partial charge in [0.05, 0.1) is 0 Å². The van der Waals surface area contributed by atoms with Gasteiger partial charge in [0, 0.05) is 0 Å². The minimum Gasteiger partial charge on any atom is -0.316 e. The summed E-state index contributed by atoms with van der Waals surface area (Å²) in [5.41, 5.74) is 2.98. The largest absolute Gasteiger partial charge is 0.316 e. The van der Waals surface area contributed by atoms with Gasteiger partial charge in [0.15, 0.2) is 0 Å². The second-order valence-corrected chi connectivity index (χ2v) is 6.05. The second-order valence-electron chi connectivity index (χ2n) is 6.05. The Bertz CT molecular complexity index is 345. The fourth-order valence-electron chi connectivity index (χ4n) is 2.77. The second kappa shape index (κ2) is 10.9. The van der Waals surface area contributed by atoms with Crippen molar-refractivity contribution in [2.75, 3.05) is 13.1 Å². The van der Waals surface area contributed by atoms with Gasteiger partial charge in [-0.15, -0.1) is 0 Å². The molecule has 0 saturated carbocycles. The van der Waals surface area contributed by atoms with Gasteiger partial charge in [-0.1, -0.05) is 63.8 Å². The Hall–Kier alpha value is -0.820. The zero-order chi connectivity index (χ0) is 14.6. The number of aryl methyl sites for hydroxylation is 1. The summed E-state index contributed by atoms with van der Waals surface area (Å²) in [6.07, 6.45) is 9.33. The van der Waals surface area contributed by atoms with E-state index in [1.807, 2.05) is 0 Å². The van der Waals surface area contributed by atoms with E-state index < -0.39 is 0 Å². The molecule has 1 nitrogen and oxygen atoms in total. The lowest BCUT2D eigenvalue weighted by molar-refractivity contribution is 0.421. The first-order chi connectivity index (χ1) is 9.77. The molecular formula is C19H33N. The maximum absolute atomic E-state index is 3.62. The van der Waals surface area contributed by atoms with Crippen molar-refractivity contribution in [2.24, 2.45) is 5.92 Å². The lowest BCUT2D eigenvalue weighted by Crippen LogP contribution is -2.25. The molecule has 1 heteroatoms. The maximum Gasteiger partial charge on any atom is -0.00173 e. The van der Waals surface area contributed by atoms with E-state index in [2.05, 4.69) is 50.4 Å². The van der Waals surface area contributed by atoms with Crippen molar-refractivity contribution in [1.82, 2.24) is 5.32 Å². The van der Waals surface area contributed by atoms with Crippen molar-refractivity contribution in [3.8, 4) is 0 Å². The molecule has 0 saturated heterocycles. The third-order valence-corrected chi connectivity index (χ3v) is 4.10. The predicted octanol–water partition coefficient (Wildman–Crippen LogP) is 5.12. The molecule has 0 fully saturated rings. The normalized spacial score (nSPS) is 12.6. The van der Waals surface area contributed by atoms with E-state index in [0.29, 0.717) is 0 Å². The Labute approximate surface area is 126 Å². The Morgan fingerprint density at radius 3 is 2.50 bits per heavy atom. The monoisotopic (exact) mass is 275 g/mol. The smallest absolute Gasteiger partial charge is 0.00173 e. The van der Waals surface area contributed by atoms with E-state index in [1.165, 1.54) is 62.6 Å². The molecule has 1 N–H and O–H groups in total. The zero-order valence-electron chi connectivity index (χ0n) is 13.8. The Morgan fingerprint density at radius 2 is 1.80 bits per heavy atom. The van der Waals surface area contributed by atoms with Crippen molar-refractivity contribution in [2.45, 2.75) is 65.7 Å². The zero-order valence-corrected chi connectivity index (χ0v) is 13.8. The van der Waals surface area contributed by atoms with Crippen LogP contribution < -0.4 is 5.32 Å². The summed E-state index contributed by atoms with van der Waals surface area (Å²) in [4.78, 5) is 0. The van der Waals surface area contributed by atoms with Crippen molar-refractivity contribution in [3.05, 3.63) is 35.4 Å². The third-order valence-electron chi connectivity index (χ3n) is 4.10. The summed E-state index contributed by atoms with van der Waals surface area (Å²) in [7, 11) is 0. The van der Waals surface area contributed by atoms with Gasteiger partial charge in [0.2, 0.25) is 0 Å². The Balaban J connectivity index is 2.46. The first kappa shape index (κ1) is 17.2. The van der Waals surface area contributed by atoms with Gasteiger partial charge in [0.25, 0.3) is 0 Å². The fraction of sp³-hybridized carbons (Fsp3) is 0.684. The van der Waals surface area contributed by atoms with Crippen LogP contribution in [0.25, 0.3) is 0 Å². The van der Waals surface area contributed by atoms with Gasteiger partial charge in [-0.3, -0.25) is 0 Å². The molecule has 0 bridgehead atoms. The van der Waals surface area contributed by atoms with Gasteiger partial charge in [-0.05, 0) is 56.3 Å². The molecule has 0 aliphatic carbocycles. The molecule has 114 valence electrons. The highest BCUT2D eigenvalue weighted by Crippen LogP contribution is 2.18. The van der Waals surface area contributed by atoms with Crippen LogP contribution in [-0.2, 0) is 6.42 Å². The first-order valence-electron chi connectivity index (χ1n) is 8.53. The molecule has 1 aromatic carbocycles. The van der Waals surface area contributed by atoms with Crippen LogP contribution >= 0.6 is 0 Å². The quantitative estimate of drug-likeness (QED) is 0.552. The Morgan fingerprint density at radius 1 is 1.00 bits per heavy atom. The van der Waals surface area contributed by atoms with Crippen molar-refractivity contribution < 1.29 is 0 Å². The lowest BCUT2D eigenvalue weighted by atomic mass is 9.91. The number of rotatable bonds is 11. The summed E-state index contributed by atoms with van der Waals surface area (Å²) >= 11 is 0. The van der Waals surface area contributed by atoms with E-state index in [9.17, 15) is 0 Å². The molecule has 0 aromatic heterocycles. The highest BCUT2D eigenvalue weighted by molar-refractivity contribution is 5.25. The average molecular weight is 275 g/mol. The predicted molar refractivity (Wildman–Crippen MR) is 90.3 cm³/mol. The summed E-state index contributed by atoms with van der Waals surface area (Å²) in [5.74, 6) is 0.791. The number of nitrogens with one attached hydrogen (secondary N) is 1. The maximum atomic E-state index is 3.62. The number of hydrogen-bond donors (Lipinski definition) is 1. The van der Waals surface area contributed by atoms with E-state index in [-0.39, 0.29) is 0 Å². The van der Waals surface area contributed by atoms with Gasteiger partial charge in [-0.25, -0.2) is 0 Å². The van der Waals surface area contributed by atoms with Crippen LogP contribution in [0, 0.1) is 12.8 Å². The summed E-state index contributed by atoms with van der Waals surface area (Å²) in [5, 5.41) is 3.62. The van der Waals surface area contributed by atoms with Crippen LogP contribution in [0.1, 0.15) is 63.5 Å². The van der Waals surface area contributed by atoms with Crippen molar-refractivity contribution in [1.29, 1.82) is 0 Å². The minimum absolute atomic E-state index is 0.791. The van der Waals surface area contributed by atoms with E-state index >= 15 is 0 Å². The van der Waals surface area contributed by atoms with Gasteiger partial charge >= 0.3 is 0 Å². The standard InChI is InChI=1S/C19H33N/c1-4-6-7-8-12-18(16-20-14-5-2)15-19-13-10-9-11-17(19)3/h9-11,13,18,20H,4-8,12,14-16H2,1-3H3. The molecule has 0 aliphatic heterocycles. The van der Waals surface area contributed by atoms with Crippen LogP contribution in [-0.4, -0.2) is 13.1 Å². The highest BCUT2D eigenvalue weighted by Gasteiger charge is 2.10. The summed E-state index contributed by atoms with van der Waals surface area (Å²) in [6, 6.07) is 8.86. The van der Waals surface area contributed by atoms with Crippen molar-refractivity contribution in [3.63, 3.8) is 0 Å². The summed E-state index contributed by atoms with van der Waals surface area (Å²) < 4.78 is 0. The summed E-state index contributed by atoms with van der Waals surface area (Å²) in [6.45, 7) is 9.09. The Kier molecular flexibility index (Phi) is 9.40. The molecule has 1 rings (SSSR count). The van der Waals surface area contributed by atoms with Gasteiger partial charge in [0.1, 0.15) is 0 Å². The first-order valence-corrected chi connectivity index (χ1v) is 8.53. The molecule has 1 unspecified atom stereocenters. The molecule has 0 radical (unpaired) electrons. The van der Waals surface area contributed by atoms with E-state index in [1.54, 1.807) is 0 Å². The molecule has 0 heterocycles. The van der Waals surface area contributed by atoms with Gasteiger partial charge in [-0.2, -0.15) is 0 Å². The minimum atomic E-state index is 0.791. The molecule has 0 aliphatic rings. The van der Waals surface area contributed by atoms with E-state index in [0.717, 1.165) is 12.5 Å². The topological polar surface area (TPSA) is 12.0 Å². The highest BCUT2D eigenvalue weighted by atomic mass is 14.8. The molecule has 1 atom stereocenters. The number of benzene rings is 1. The third kappa shape index (κ3) is 7.09. The van der Waals surface area contributed by atoms with Crippen LogP contribution in [0.15, 0.2) is 24.3 Å². The van der Waals surface area contributed by atoms with Crippen LogP contribution in [0.3, 0.4) is 0 Å². The fourth-order valence-corrected chi connectivity index (χ4v) is 2.77. The van der Waals surface area contributed by atoms with Gasteiger partial charge < -0.3 is 5.32 Å². The van der Waals surface area contributed by atoms with Crippen LogP contribution in [0.4, 0.5) is 0 Å². The van der Waals surface area contributed by atoms with Crippen LogP contribution in [0.2, 0.25) is 0 Å². The lowest BCUT2D eigenvalue weighted by Gasteiger charge is -2.19. The van der Waals surface area contributed by atoms with E-state index in [4.69, 9.17) is 0 Å². The molecule has 0 spiro atoms. The SMILES string of the molecule is CCCCCCC(CNCCC)Cc1ccccc1C.